The van der Waals surface area contributed by atoms with Gasteiger partial charge in [0.25, 0.3) is 21.6 Å². The number of ether oxygens (including phenoxy) is 1. The molecule has 2 aliphatic carbocycles. The van der Waals surface area contributed by atoms with E-state index in [-0.39, 0.29) is 16.9 Å². The number of aromatic amines is 1. The van der Waals surface area contributed by atoms with Crippen LogP contribution in [0.15, 0.2) is 95.7 Å². The number of hydrogen-bond acceptors (Lipinski definition) is 10. The van der Waals surface area contributed by atoms with E-state index >= 15 is 0 Å². The largest absolute Gasteiger partial charge is 0.455 e. The molecule has 1 saturated heterocycles. The van der Waals surface area contributed by atoms with Crippen LogP contribution in [-0.4, -0.2) is 73.1 Å². The molecule has 3 aromatic carbocycles. The van der Waals surface area contributed by atoms with Gasteiger partial charge in [-0.25, -0.2) is 18.1 Å². The molecule has 15 heteroatoms. The molecule has 2 aromatic heterocycles. The molecular formula is C46H52ClN7O6S. The predicted octanol–water partition coefficient (Wildman–Crippen LogP) is 9.81. The minimum absolute atomic E-state index is 0.0279. The number of sulfonamides is 1. The van der Waals surface area contributed by atoms with E-state index in [0.717, 1.165) is 60.7 Å². The number of carbonyl (C=O) groups is 1. The van der Waals surface area contributed by atoms with Crippen molar-refractivity contribution in [3.8, 4) is 11.5 Å². The number of nitro benzene ring substituents is 1. The number of fused-ring (bicyclic) bond motifs is 1. The van der Waals surface area contributed by atoms with Gasteiger partial charge >= 0.3 is 0 Å². The van der Waals surface area contributed by atoms with Crippen LogP contribution in [0.25, 0.3) is 16.6 Å². The highest BCUT2D eigenvalue weighted by molar-refractivity contribution is 7.90. The Morgan fingerprint density at radius 1 is 1.05 bits per heavy atom. The molecule has 0 atom stereocenters. The van der Waals surface area contributed by atoms with Crippen molar-refractivity contribution in [1.82, 2.24) is 19.6 Å². The van der Waals surface area contributed by atoms with Crippen molar-refractivity contribution < 1.29 is 36.6 Å². The summed E-state index contributed by atoms with van der Waals surface area (Å²) in [5.41, 5.74) is 0.345. The first-order chi connectivity index (χ1) is 33.1. The number of nitro groups is 1. The van der Waals surface area contributed by atoms with Crippen LogP contribution in [0.5, 0.6) is 11.5 Å². The van der Waals surface area contributed by atoms with E-state index in [1.165, 1.54) is 12.3 Å². The highest BCUT2D eigenvalue weighted by atomic mass is 35.5. The maximum Gasteiger partial charge on any atom is 0.293 e. The second-order valence-electron chi connectivity index (χ2n) is 16.1. The monoisotopic (exact) mass is 875 g/mol. The van der Waals surface area contributed by atoms with Gasteiger partial charge in [-0.05, 0) is 103 Å². The van der Waals surface area contributed by atoms with Crippen molar-refractivity contribution in [1.29, 1.82) is 0 Å². The summed E-state index contributed by atoms with van der Waals surface area (Å²) in [5, 5.41) is 15.9. The summed E-state index contributed by atoms with van der Waals surface area (Å²) in [6, 6.07) is 15.8. The fourth-order valence-corrected chi connectivity index (χ4v) is 8.87. The zero-order valence-corrected chi connectivity index (χ0v) is 35.1. The number of amides is 1. The number of nitrogens with one attached hydrogen (secondary N) is 3. The number of benzene rings is 3. The van der Waals surface area contributed by atoms with E-state index in [2.05, 4.69) is 29.1 Å². The molecule has 5 aromatic rings. The highest BCUT2D eigenvalue weighted by Crippen LogP contribution is 2.43. The van der Waals surface area contributed by atoms with Crippen LogP contribution in [0.3, 0.4) is 0 Å². The number of H-pyrrole nitrogens is 1. The fraction of sp³-hybridized carbons (Fsp3) is 0.391. The number of carbonyl (C=O) groups excluding carboxylic acids is 1. The zero-order valence-electron chi connectivity index (χ0n) is 43.5. The van der Waals surface area contributed by atoms with E-state index in [4.69, 9.17) is 19.1 Å². The average molecular weight is 877 g/mol. The van der Waals surface area contributed by atoms with Gasteiger partial charge in [0.1, 0.15) is 22.8 Å². The van der Waals surface area contributed by atoms with Gasteiger partial charge in [-0.1, -0.05) is 62.4 Å². The van der Waals surface area contributed by atoms with E-state index in [0.29, 0.717) is 69.6 Å². The lowest BCUT2D eigenvalue weighted by Crippen LogP contribution is -2.47. The summed E-state index contributed by atoms with van der Waals surface area (Å²) in [4.78, 5) is 32.9. The van der Waals surface area contributed by atoms with Crippen molar-refractivity contribution >= 4 is 61.2 Å². The number of nitrogens with zero attached hydrogens (tertiary/aromatic N) is 4. The molecule has 0 radical (unpaired) electrons. The Morgan fingerprint density at radius 3 is 2.57 bits per heavy atom. The Balaban J connectivity index is 1.15. The van der Waals surface area contributed by atoms with Crippen LogP contribution < -0.4 is 19.7 Å². The van der Waals surface area contributed by atoms with Crippen LogP contribution in [0.4, 0.5) is 17.1 Å². The Bertz CT molecular complexity index is 3010. The first-order valence-electron chi connectivity index (χ1n) is 25.0. The number of allylic oxidation sites excluding steroid dienone is 1. The van der Waals surface area contributed by atoms with E-state index < -0.39 is 93.4 Å². The maximum absolute atomic E-state index is 14.1. The predicted molar refractivity (Wildman–Crippen MR) is 240 cm³/mol. The van der Waals surface area contributed by atoms with Crippen molar-refractivity contribution in [3.63, 3.8) is 0 Å². The highest BCUT2D eigenvalue weighted by Gasteiger charge is 2.30. The molecule has 61 heavy (non-hydrogen) atoms. The quantitative estimate of drug-likeness (QED) is 0.0767. The Kier molecular flexibility index (Phi) is 9.21. The second kappa shape index (κ2) is 17.9. The van der Waals surface area contributed by atoms with Gasteiger partial charge in [0.2, 0.25) is 0 Å². The Labute approximate surface area is 375 Å². The maximum atomic E-state index is 14.1. The fourth-order valence-electron chi connectivity index (χ4n) is 7.76. The van der Waals surface area contributed by atoms with Gasteiger partial charge in [0, 0.05) is 81.7 Å². The lowest BCUT2D eigenvalue weighted by Gasteiger charge is -2.39. The Hall–Kier alpha value is -5.44. The molecule has 2 fully saturated rings. The summed E-state index contributed by atoms with van der Waals surface area (Å²) in [6.45, 7) is -11.6. The number of anilines is 2. The second-order valence-corrected chi connectivity index (χ2v) is 18.3. The standard InChI is InChI=1S/C46H52ClN7O6S/c1-46(2)18-16-34(40(27-46)32-8-10-35(47)11-9-32)30-52-20-22-53(23-21-52)36-12-14-39(43(25-36)60-37-24-33-17-19-48-44(33)50-29-37)45(55)51-61(58,59)38-13-15-41(42(26-38)54(56)57)49-28-31-6-4-3-5-7-31/h8-15,17,19,24-26,29,31,49H,3-7,16,18,20-23,27-28,30H2,1-2H3,(H,48,50)(H,51,55)/i20D2,21D2,22D2,23D2,28D2. The molecule has 1 saturated carbocycles. The van der Waals surface area contributed by atoms with Crippen LogP contribution >= 0.6 is 11.6 Å². The van der Waals surface area contributed by atoms with E-state index in [9.17, 15) is 34.3 Å². The summed E-state index contributed by atoms with van der Waals surface area (Å²) >= 11 is 6.19. The molecule has 13 nitrogen and oxygen atoms in total. The molecule has 0 bridgehead atoms. The molecule has 3 heterocycles. The normalized spacial score (nSPS) is 23.6. The number of pyridine rings is 1. The topological polar surface area (TPSA) is 163 Å². The molecule has 1 amide bonds. The van der Waals surface area contributed by atoms with Gasteiger partial charge in [0.15, 0.2) is 0 Å². The summed E-state index contributed by atoms with van der Waals surface area (Å²) < 4.78 is 128. The van der Waals surface area contributed by atoms with Gasteiger partial charge in [-0.3, -0.25) is 19.8 Å². The van der Waals surface area contributed by atoms with Crippen molar-refractivity contribution in [2.75, 3.05) is 49.2 Å². The van der Waals surface area contributed by atoms with Gasteiger partial charge in [-0.2, -0.15) is 0 Å². The summed E-state index contributed by atoms with van der Waals surface area (Å²) in [7, 11) is -4.95. The molecule has 0 unspecified atom stereocenters. The average Bonchev–Trinajstić information content (AvgIpc) is 3.76. The third-order valence-corrected chi connectivity index (χ3v) is 12.7. The van der Waals surface area contributed by atoms with Gasteiger partial charge in [0.05, 0.1) is 27.1 Å². The third kappa shape index (κ3) is 10.0. The first kappa shape index (κ1) is 31.4. The number of rotatable bonds is 13. The summed E-state index contributed by atoms with van der Waals surface area (Å²) in [5.74, 6) is -2.35. The minimum atomic E-state index is -4.95. The Morgan fingerprint density at radius 2 is 1.82 bits per heavy atom. The summed E-state index contributed by atoms with van der Waals surface area (Å²) in [6.07, 6.45) is 8.06. The number of aromatic nitrogens is 2. The number of piperazine rings is 1. The van der Waals surface area contributed by atoms with Crippen LogP contribution in [-0.2, 0) is 10.0 Å². The molecule has 1 aliphatic heterocycles. The lowest BCUT2D eigenvalue weighted by molar-refractivity contribution is -0.384. The molecule has 0 spiro atoms. The lowest BCUT2D eigenvalue weighted by atomic mass is 9.72. The molecular weight excluding hydrogens is 814 g/mol. The zero-order chi connectivity index (χ0) is 51.7. The van der Waals surface area contributed by atoms with E-state index in [1.54, 1.807) is 36.5 Å². The smallest absolute Gasteiger partial charge is 0.293 e. The van der Waals surface area contributed by atoms with Crippen LogP contribution in [0.2, 0.25) is 5.02 Å². The first-order valence-corrected chi connectivity index (χ1v) is 21.9. The van der Waals surface area contributed by atoms with E-state index in [1.807, 2.05) is 4.72 Å². The van der Waals surface area contributed by atoms with Gasteiger partial charge < -0.3 is 19.9 Å². The van der Waals surface area contributed by atoms with Crippen molar-refractivity contribution in [2.24, 2.45) is 11.3 Å². The SMILES string of the molecule is [2H]C([2H])(Nc1ccc(S(=O)(=O)NC(=O)c2ccc(N3C([2H])([2H])C([2H])([2H])N(CC4=C(c5ccc(Cl)cc5)CC(C)(C)CC4)C([2H])([2H])C3([2H])[2H])cc2Oc2cnc3[nH]ccc3c2)cc1[N+](=O)[O-])C1CCCCC1. The van der Waals surface area contributed by atoms with Gasteiger partial charge in [-0.15, -0.1) is 0 Å². The molecule has 3 N–H and O–H groups in total. The molecule has 3 aliphatic rings. The third-order valence-electron chi connectivity index (χ3n) is 11.1. The van der Waals surface area contributed by atoms with Crippen LogP contribution in [0.1, 0.15) is 94.8 Å². The molecule has 320 valence electrons. The minimum Gasteiger partial charge on any atom is -0.455 e. The van der Waals surface area contributed by atoms with Crippen molar-refractivity contribution in [2.45, 2.75) is 70.1 Å². The van der Waals surface area contributed by atoms with Crippen LogP contribution in [0, 0.1) is 21.4 Å². The van der Waals surface area contributed by atoms with Crippen molar-refractivity contribution in [3.05, 3.63) is 117 Å². The number of hydrogen-bond donors (Lipinski definition) is 3. The molecule has 8 rings (SSSR count). The number of halogens is 1.